The number of sulfonamides is 1. The zero-order valence-electron chi connectivity index (χ0n) is 9.40. The molecule has 0 bridgehead atoms. The Morgan fingerprint density at radius 3 is 2.74 bits per heavy atom. The second-order valence-corrected chi connectivity index (χ2v) is 7.03. The average Bonchev–Trinajstić information content (AvgIpc) is 2.84. The van der Waals surface area contributed by atoms with Gasteiger partial charge in [-0.2, -0.15) is 5.10 Å². The summed E-state index contributed by atoms with van der Waals surface area (Å²) in [5.74, 6) is 0.120. The van der Waals surface area contributed by atoms with Crippen LogP contribution in [0.2, 0.25) is 4.34 Å². The number of hydrogen-bond donors (Lipinski definition) is 1. The molecule has 1 N–H and O–H groups in total. The number of anilines is 1. The minimum Gasteiger partial charge on any atom is -0.274 e. The minimum atomic E-state index is -3.93. The lowest BCUT2D eigenvalue weighted by molar-refractivity contribution is -0.384. The number of rotatable bonds is 4. The van der Waals surface area contributed by atoms with Gasteiger partial charge in [0.2, 0.25) is 0 Å². The third-order valence-corrected chi connectivity index (χ3v) is 5.23. The first-order valence-electron chi connectivity index (χ1n) is 4.76. The molecule has 2 aromatic rings. The number of nitrogens with zero attached hydrogens (tertiary/aromatic N) is 3. The highest BCUT2D eigenvalue weighted by Gasteiger charge is 2.25. The minimum absolute atomic E-state index is 0.120. The van der Waals surface area contributed by atoms with E-state index in [1.165, 1.54) is 10.7 Å². The largest absolute Gasteiger partial charge is 0.300 e. The molecule has 0 atom stereocenters. The van der Waals surface area contributed by atoms with Gasteiger partial charge < -0.3 is 0 Å². The number of aryl methyl sites for hydroxylation is 1. The summed E-state index contributed by atoms with van der Waals surface area (Å²) < 4.78 is 27.1. The summed E-state index contributed by atoms with van der Waals surface area (Å²) in [5.41, 5.74) is -0.437. The maximum atomic E-state index is 12.0. The van der Waals surface area contributed by atoms with Crippen molar-refractivity contribution in [3.8, 4) is 0 Å². The van der Waals surface area contributed by atoms with E-state index in [1.54, 1.807) is 13.2 Å². The van der Waals surface area contributed by atoms with Crippen LogP contribution in [-0.2, 0) is 17.1 Å². The number of aromatic nitrogens is 2. The van der Waals surface area contributed by atoms with Crippen molar-refractivity contribution in [3.63, 3.8) is 0 Å². The first-order valence-corrected chi connectivity index (χ1v) is 7.43. The second-order valence-electron chi connectivity index (χ2n) is 3.46. The van der Waals surface area contributed by atoms with Crippen molar-refractivity contribution < 1.29 is 13.3 Å². The Hall–Kier alpha value is -1.65. The van der Waals surface area contributed by atoms with E-state index >= 15 is 0 Å². The number of halogens is 1. The number of nitrogens with one attached hydrogen (secondary N) is 1. The lowest BCUT2D eigenvalue weighted by atomic mass is 10.6. The molecule has 0 spiro atoms. The van der Waals surface area contributed by atoms with E-state index in [-0.39, 0.29) is 14.4 Å². The van der Waals surface area contributed by atoms with Crippen LogP contribution < -0.4 is 4.72 Å². The predicted octanol–water partition coefficient (Wildman–Crippen LogP) is 1.84. The van der Waals surface area contributed by atoms with Gasteiger partial charge in [0.05, 0.1) is 4.92 Å². The van der Waals surface area contributed by atoms with E-state index in [1.807, 2.05) is 0 Å². The van der Waals surface area contributed by atoms with Gasteiger partial charge in [0.25, 0.3) is 15.7 Å². The first-order chi connectivity index (χ1) is 8.79. The molecule has 0 aliphatic heterocycles. The van der Waals surface area contributed by atoms with Gasteiger partial charge in [-0.3, -0.25) is 19.5 Å². The molecule has 0 saturated heterocycles. The predicted molar refractivity (Wildman–Crippen MR) is 70.0 cm³/mol. The van der Waals surface area contributed by atoms with E-state index in [0.29, 0.717) is 11.3 Å². The van der Waals surface area contributed by atoms with Gasteiger partial charge in [-0.1, -0.05) is 11.6 Å². The Morgan fingerprint density at radius 1 is 1.58 bits per heavy atom. The van der Waals surface area contributed by atoms with Crippen LogP contribution in [0.4, 0.5) is 11.5 Å². The molecule has 11 heteroatoms. The molecule has 0 amide bonds. The van der Waals surface area contributed by atoms with E-state index in [4.69, 9.17) is 11.6 Å². The molecule has 0 unspecified atom stereocenters. The van der Waals surface area contributed by atoms with Gasteiger partial charge in [0.1, 0.15) is 4.21 Å². The summed E-state index contributed by atoms with van der Waals surface area (Å²) in [5, 5.41) is 14.5. The topological polar surface area (TPSA) is 107 Å². The van der Waals surface area contributed by atoms with Crippen molar-refractivity contribution in [1.82, 2.24) is 9.78 Å². The summed E-state index contributed by atoms with van der Waals surface area (Å²) in [7, 11) is -2.30. The molecular formula is C8H7ClN4O4S2. The van der Waals surface area contributed by atoms with Crippen LogP contribution in [0.15, 0.2) is 22.5 Å². The standard InChI is InChI=1S/C8H7ClN4O4S2/c1-12-3-2-6(10-12)11-19(16,17)7-4-5(13(14)15)8(9)18-7/h2-4H,1H3,(H,10,11). The highest BCUT2D eigenvalue weighted by Crippen LogP contribution is 2.36. The SMILES string of the molecule is Cn1ccc(NS(=O)(=O)c2cc([N+](=O)[O-])c(Cl)s2)n1. The first kappa shape index (κ1) is 13.8. The molecule has 0 saturated carbocycles. The maximum absolute atomic E-state index is 12.0. The summed E-state index contributed by atoms with van der Waals surface area (Å²) >= 11 is 6.23. The molecule has 0 fully saturated rings. The van der Waals surface area contributed by atoms with Gasteiger partial charge in [0.15, 0.2) is 10.2 Å². The normalized spacial score (nSPS) is 11.5. The fourth-order valence-corrected chi connectivity index (χ4v) is 3.91. The molecular weight excluding hydrogens is 316 g/mol. The summed E-state index contributed by atoms with van der Waals surface area (Å²) in [6, 6.07) is 2.37. The average molecular weight is 323 g/mol. The van der Waals surface area contributed by atoms with Crippen molar-refractivity contribution in [3.05, 3.63) is 32.8 Å². The zero-order chi connectivity index (χ0) is 14.2. The third-order valence-electron chi connectivity index (χ3n) is 2.06. The van der Waals surface area contributed by atoms with Crippen molar-refractivity contribution in [1.29, 1.82) is 0 Å². The van der Waals surface area contributed by atoms with Crippen LogP contribution in [0.3, 0.4) is 0 Å². The molecule has 19 heavy (non-hydrogen) atoms. The van der Waals surface area contributed by atoms with Gasteiger partial charge in [-0.25, -0.2) is 8.42 Å². The molecule has 102 valence electrons. The lowest BCUT2D eigenvalue weighted by Gasteiger charge is -2.01. The molecule has 0 aromatic carbocycles. The fourth-order valence-electron chi connectivity index (χ4n) is 1.25. The van der Waals surface area contributed by atoms with Crippen LogP contribution in [0.1, 0.15) is 0 Å². The Labute approximate surface area is 116 Å². The van der Waals surface area contributed by atoms with Crippen molar-refractivity contribution in [2.45, 2.75) is 4.21 Å². The fraction of sp³-hybridized carbons (Fsp3) is 0.125. The van der Waals surface area contributed by atoms with Gasteiger partial charge in [0, 0.05) is 25.4 Å². The number of hydrogen-bond acceptors (Lipinski definition) is 6. The molecule has 0 aliphatic carbocycles. The number of thiophene rings is 1. The maximum Gasteiger partial charge on any atom is 0.300 e. The smallest absolute Gasteiger partial charge is 0.274 e. The Bertz CT molecular complexity index is 736. The molecule has 2 heterocycles. The van der Waals surface area contributed by atoms with Crippen molar-refractivity contribution in [2.75, 3.05) is 4.72 Å². The lowest BCUT2D eigenvalue weighted by Crippen LogP contribution is -2.12. The van der Waals surface area contributed by atoms with Crippen LogP contribution >= 0.6 is 22.9 Å². The van der Waals surface area contributed by atoms with E-state index in [0.717, 1.165) is 6.07 Å². The van der Waals surface area contributed by atoms with Crippen LogP contribution in [0, 0.1) is 10.1 Å². The van der Waals surface area contributed by atoms with Crippen LogP contribution in [-0.4, -0.2) is 23.1 Å². The third kappa shape index (κ3) is 2.85. The Kier molecular flexibility index (Phi) is 3.47. The van der Waals surface area contributed by atoms with Gasteiger partial charge in [-0.15, -0.1) is 11.3 Å². The highest BCUT2D eigenvalue weighted by atomic mass is 35.5. The zero-order valence-corrected chi connectivity index (χ0v) is 11.8. The molecule has 2 aromatic heterocycles. The van der Waals surface area contributed by atoms with E-state index in [2.05, 4.69) is 9.82 Å². The monoisotopic (exact) mass is 322 g/mol. The van der Waals surface area contributed by atoms with E-state index in [9.17, 15) is 18.5 Å². The quantitative estimate of drug-likeness (QED) is 0.682. The highest BCUT2D eigenvalue weighted by molar-refractivity contribution is 7.94. The Morgan fingerprint density at radius 2 is 2.26 bits per heavy atom. The van der Waals surface area contributed by atoms with E-state index < -0.39 is 20.6 Å². The van der Waals surface area contributed by atoms with Gasteiger partial charge >= 0.3 is 0 Å². The molecule has 8 nitrogen and oxygen atoms in total. The molecule has 0 aliphatic rings. The second kappa shape index (κ2) is 4.79. The molecule has 2 rings (SSSR count). The molecule has 0 radical (unpaired) electrons. The van der Waals surface area contributed by atoms with Crippen LogP contribution in [0.25, 0.3) is 0 Å². The van der Waals surface area contributed by atoms with Crippen molar-refractivity contribution in [2.24, 2.45) is 7.05 Å². The number of nitro groups is 1. The van der Waals surface area contributed by atoms with Gasteiger partial charge in [-0.05, 0) is 0 Å². The summed E-state index contributed by atoms with van der Waals surface area (Å²) in [6.07, 6.45) is 1.56. The van der Waals surface area contributed by atoms with Crippen LogP contribution in [0.5, 0.6) is 0 Å². The summed E-state index contributed by atoms with van der Waals surface area (Å²) in [4.78, 5) is 9.88. The summed E-state index contributed by atoms with van der Waals surface area (Å²) in [6.45, 7) is 0. The van der Waals surface area contributed by atoms with Crippen molar-refractivity contribution >= 4 is 44.5 Å². The Balaban J connectivity index is 2.34.